The summed E-state index contributed by atoms with van der Waals surface area (Å²) in [5, 5.41) is 2.70. The van der Waals surface area contributed by atoms with Crippen molar-refractivity contribution in [2.75, 3.05) is 18.2 Å². The van der Waals surface area contributed by atoms with Crippen molar-refractivity contribution in [2.24, 2.45) is 5.73 Å². The maximum absolute atomic E-state index is 11.7. The SMILES string of the molecule is CCCC(N)C(=O)Nc1cc(OC)ccc1N. The van der Waals surface area contributed by atoms with Crippen LogP contribution < -0.4 is 21.5 Å². The largest absolute Gasteiger partial charge is 0.497 e. The van der Waals surface area contributed by atoms with Gasteiger partial charge in [0.2, 0.25) is 5.91 Å². The van der Waals surface area contributed by atoms with E-state index in [1.807, 2.05) is 6.92 Å². The zero-order chi connectivity index (χ0) is 12.8. The van der Waals surface area contributed by atoms with Crippen LogP contribution in [-0.4, -0.2) is 19.1 Å². The number of rotatable bonds is 5. The van der Waals surface area contributed by atoms with Crippen molar-refractivity contribution in [3.8, 4) is 5.75 Å². The van der Waals surface area contributed by atoms with Gasteiger partial charge in [-0.1, -0.05) is 13.3 Å². The van der Waals surface area contributed by atoms with Gasteiger partial charge in [-0.3, -0.25) is 4.79 Å². The average Bonchev–Trinajstić information content (AvgIpc) is 2.32. The molecule has 94 valence electrons. The summed E-state index contributed by atoms with van der Waals surface area (Å²) in [5.41, 5.74) is 12.5. The summed E-state index contributed by atoms with van der Waals surface area (Å²) in [6.45, 7) is 1.98. The highest BCUT2D eigenvalue weighted by atomic mass is 16.5. The molecule has 5 N–H and O–H groups in total. The molecule has 0 saturated heterocycles. The third-order valence-electron chi connectivity index (χ3n) is 2.45. The molecule has 1 aromatic rings. The van der Waals surface area contributed by atoms with E-state index in [1.165, 1.54) is 0 Å². The van der Waals surface area contributed by atoms with Gasteiger partial charge in [-0.15, -0.1) is 0 Å². The first-order chi connectivity index (χ1) is 8.08. The smallest absolute Gasteiger partial charge is 0.241 e. The fourth-order valence-electron chi connectivity index (χ4n) is 1.44. The molecule has 0 aliphatic rings. The van der Waals surface area contributed by atoms with E-state index in [2.05, 4.69) is 5.32 Å². The van der Waals surface area contributed by atoms with E-state index in [9.17, 15) is 4.79 Å². The van der Waals surface area contributed by atoms with Gasteiger partial charge in [0, 0.05) is 6.07 Å². The Labute approximate surface area is 101 Å². The molecule has 0 heterocycles. The third kappa shape index (κ3) is 3.64. The van der Waals surface area contributed by atoms with E-state index in [0.29, 0.717) is 23.5 Å². The van der Waals surface area contributed by atoms with Crippen LogP contribution in [0.1, 0.15) is 19.8 Å². The maximum Gasteiger partial charge on any atom is 0.241 e. The predicted molar refractivity (Wildman–Crippen MR) is 68.9 cm³/mol. The molecular formula is C12H19N3O2. The number of anilines is 2. The average molecular weight is 237 g/mol. The fraction of sp³-hybridized carbons (Fsp3) is 0.417. The van der Waals surface area contributed by atoms with Gasteiger partial charge in [0.1, 0.15) is 5.75 Å². The summed E-state index contributed by atoms with van der Waals surface area (Å²) < 4.78 is 5.06. The van der Waals surface area contributed by atoms with Crippen molar-refractivity contribution in [2.45, 2.75) is 25.8 Å². The van der Waals surface area contributed by atoms with Crippen LogP contribution in [0, 0.1) is 0 Å². The summed E-state index contributed by atoms with van der Waals surface area (Å²) in [7, 11) is 1.56. The molecular weight excluding hydrogens is 218 g/mol. The first kappa shape index (κ1) is 13.3. The second-order valence-electron chi connectivity index (χ2n) is 3.84. The summed E-state index contributed by atoms with van der Waals surface area (Å²) in [4.78, 5) is 11.7. The highest BCUT2D eigenvalue weighted by Gasteiger charge is 2.13. The lowest BCUT2D eigenvalue weighted by Gasteiger charge is -2.13. The van der Waals surface area contributed by atoms with E-state index in [0.717, 1.165) is 6.42 Å². The zero-order valence-corrected chi connectivity index (χ0v) is 10.2. The molecule has 0 aliphatic carbocycles. The highest BCUT2D eigenvalue weighted by Crippen LogP contribution is 2.24. The number of carbonyl (C=O) groups excluding carboxylic acids is 1. The number of amides is 1. The fourth-order valence-corrected chi connectivity index (χ4v) is 1.44. The molecule has 1 unspecified atom stereocenters. The van der Waals surface area contributed by atoms with E-state index in [-0.39, 0.29) is 5.91 Å². The molecule has 0 bridgehead atoms. The summed E-state index contributed by atoms with van der Waals surface area (Å²) in [6.07, 6.45) is 1.51. The lowest BCUT2D eigenvalue weighted by Crippen LogP contribution is -2.35. The van der Waals surface area contributed by atoms with E-state index >= 15 is 0 Å². The number of nitrogen functional groups attached to an aromatic ring is 1. The van der Waals surface area contributed by atoms with Crippen LogP contribution in [0.5, 0.6) is 5.75 Å². The number of carbonyl (C=O) groups is 1. The molecule has 5 nitrogen and oxygen atoms in total. The van der Waals surface area contributed by atoms with Crippen molar-refractivity contribution in [3.63, 3.8) is 0 Å². The van der Waals surface area contributed by atoms with Crippen molar-refractivity contribution in [1.82, 2.24) is 0 Å². The summed E-state index contributed by atoms with van der Waals surface area (Å²) in [6, 6.07) is 4.58. The van der Waals surface area contributed by atoms with Gasteiger partial charge in [0.05, 0.1) is 24.5 Å². The summed E-state index contributed by atoms with van der Waals surface area (Å²) in [5.74, 6) is 0.408. The number of benzene rings is 1. The monoisotopic (exact) mass is 237 g/mol. The lowest BCUT2D eigenvalue weighted by atomic mass is 10.1. The lowest BCUT2D eigenvalue weighted by molar-refractivity contribution is -0.117. The molecule has 0 aromatic heterocycles. The Morgan fingerprint density at radius 2 is 2.24 bits per heavy atom. The van der Waals surface area contributed by atoms with Crippen LogP contribution in [-0.2, 0) is 4.79 Å². The zero-order valence-electron chi connectivity index (χ0n) is 10.2. The van der Waals surface area contributed by atoms with Crippen molar-refractivity contribution in [1.29, 1.82) is 0 Å². The molecule has 0 saturated carbocycles. The number of nitrogens with one attached hydrogen (secondary N) is 1. The van der Waals surface area contributed by atoms with Crippen LogP contribution in [0.4, 0.5) is 11.4 Å². The molecule has 0 radical (unpaired) electrons. The Hall–Kier alpha value is -1.75. The van der Waals surface area contributed by atoms with Gasteiger partial charge in [0.15, 0.2) is 0 Å². The number of nitrogens with two attached hydrogens (primary N) is 2. The van der Waals surface area contributed by atoms with Crippen LogP contribution >= 0.6 is 0 Å². The van der Waals surface area contributed by atoms with Gasteiger partial charge in [0.25, 0.3) is 0 Å². The maximum atomic E-state index is 11.7. The Balaban J connectivity index is 2.76. The molecule has 1 rings (SSSR count). The highest BCUT2D eigenvalue weighted by molar-refractivity contribution is 5.97. The molecule has 0 aliphatic heterocycles. The van der Waals surface area contributed by atoms with Crippen LogP contribution in [0.15, 0.2) is 18.2 Å². The van der Waals surface area contributed by atoms with Gasteiger partial charge in [-0.25, -0.2) is 0 Å². The normalized spacial score (nSPS) is 11.9. The predicted octanol–water partition coefficient (Wildman–Crippen LogP) is 1.34. The van der Waals surface area contributed by atoms with E-state index in [4.69, 9.17) is 16.2 Å². The quantitative estimate of drug-likeness (QED) is 0.674. The number of methoxy groups -OCH3 is 1. The molecule has 1 amide bonds. The number of hydrogen-bond acceptors (Lipinski definition) is 4. The number of hydrogen-bond donors (Lipinski definition) is 3. The topological polar surface area (TPSA) is 90.4 Å². The Kier molecular flexibility index (Phi) is 4.78. The second-order valence-corrected chi connectivity index (χ2v) is 3.84. The minimum atomic E-state index is -0.509. The number of ether oxygens (including phenoxy) is 1. The van der Waals surface area contributed by atoms with Gasteiger partial charge < -0.3 is 21.5 Å². The van der Waals surface area contributed by atoms with Crippen molar-refractivity contribution < 1.29 is 9.53 Å². The van der Waals surface area contributed by atoms with Gasteiger partial charge >= 0.3 is 0 Å². The van der Waals surface area contributed by atoms with Gasteiger partial charge in [-0.05, 0) is 18.6 Å². The third-order valence-corrected chi connectivity index (χ3v) is 2.45. The van der Waals surface area contributed by atoms with Crippen molar-refractivity contribution >= 4 is 17.3 Å². The first-order valence-electron chi connectivity index (χ1n) is 5.58. The summed E-state index contributed by atoms with van der Waals surface area (Å²) >= 11 is 0. The van der Waals surface area contributed by atoms with E-state index in [1.54, 1.807) is 25.3 Å². The molecule has 5 heteroatoms. The Morgan fingerprint density at radius 1 is 1.53 bits per heavy atom. The first-order valence-corrected chi connectivity index (χ1v) is 5.58. The minimum Gasteiger partial charge on any atom is -0.497 e. The molecule has 1 aromatic carbocycles. The van der Waals surface area contributed by atoms with E-state index < -0.39 is 6.04 Å². The molecule has 0 fully saturated rings. The van der Waals surface area contributed by atoms with Crippen LogP contribution in [0.3, 0.4) is 0 Å². The molecule has 17 heavy (non-hydrogen) atoms. The van der Waals surface area contributed by atoms with Crippen LogP contribution in [0.25, 0.3) is 0 Å². The molecule has 1 atom stereocenters. The Morgan fingerprint density at radius 3 is 2.82 bits per heavy atom. The van der Waals surface area contributed by atoms with Crippen molar-refractivity contribution in [3.05, 3.63) is 18.2 Å². The minimum absolute atomic E-state index is 0.230. The standard InChI is InChI=1S/C12H19N3O2/c1-3-4-10(14)12(16)15-11-7-8(17-2)5-6-9(11)13/h5-7,10H,3-4,13-14H2,1-2H3,(H,15,16). The van der Waals surface area contributed by atoms with Gasteiger partial charge in [-0.2, -0.15) is 0 Å². The Bertz CT molecular complexity index is 393. The van der Waals surface area contributed by atoms with Crippen LogP contribution in [0.2, 0.25) is 0 Å². The molecule has 0 spiro atoms. The second kappa shape index (κ2) is 6.10.